The lowest BCUT2D eigenvalue weighted by atomic mass is 10.2. The number of rotatable bonds is 3. The molecule has 0 spiro atoms. The Hall–Kier alpha value is -2.47. The van der Waals surface area contributed by atoms with E-state index in [9.17, 15) is 4.79 Å². The van der Waals surface area contributed by atoms with Gasteiger partial charge in [0, 0.05) is 11.6 Å². The number of methoxy groups -OCH3 is 1. The van der Waals surface area contributed by atoms with E-state index in [-0.39, 0.29) is 5.97 Å². The van der Waals surface area contributed by atoms with Gasteiger partial charge in [0.15, 0.2) is 5.13 Å². The first-order valence-corrected chi connectivity index (χ1v) is 7.17. The van der Waals surface area contributed by atoms with Crippen LogP contribution in [0.3, 0.4) is 0 Å². The van der Waals surface area contributed by atoms with Crippen molar-refractivity contribution in [2.45, 2.75) is 6.92 Å². The van der Waals surface area contributed by atoms with E-state index in [1.54, 1.807) is 13.1 Å². The number of hydrogen-bond donors (Lipinski definition) is 1. The molecule has 0 fully saturated rings. The number of carbonyl (C=O) groups excluding carboxylic acids is 1. The Morgan fingerprint density at radius 1 is 1.29 bits per heavy atom. The van der Waals surface area contributed by atoms with Gasteiger partial charge in [-0.25, -0.2) is 9.78 Å². The molecule has 3 rings (SSSR count). The van der Waals surface area contributed by atoms with Gasteiger partial charge in [-0.2, -0.15) is 0 Å². The standard InChI is InChI=1S/C15H13N3O2S/c1-9-13(14(19)20-2)21-15(17-9)18-11-7-3-5-10-6-4-8-16-12(10)11/h3-8H,1-2H3,(H,17,18). The number of ether oxygens (including phenoxy) is 1. The molecule has 0 atom stereocenters. The quantitative estimate of drug-likeness (QED) is 0.749. The van der Waals surface area contributed by atoms with Crippen LogP contribution in [0.5, 0.6) is 0 Å². The van der Waals surface area contributed by atoms with Crippen molar-refractivity contribution in [3.05, 3.63) is 47.1 Å². The number of aryl methyl sites for hydroxylation is 1. The summed E-state index contributed by atoms with van der Waals surface area (Å²) in [6.45, 7) is 1.79. The lowest BCUT2D eigenvalue weighted by Crippen LogP contribution is -1.99. The van der Waals surface area contributed by atoms with Crippen LogP contribution in [-0.4, -0.2) is 23.0 Å². The maximum Gasteiger partial charge on any atom is 0.350 e. The summed E-state index contributed by atoms with van der Waals surface area (Å²) in [6, 6.07) is 9.79. The predicted octanol–water partition coefficient (Wildman–Crippen LogP) is 3.53. The number of fused-ring (bicyclic) bond motifs is 1. The largest absolute Gasteiger partial charge is 0.465 e. The maximum absolute atomic E-state index is 11.6. The summed E-state index contributed by atoms with van der Waals surface area (Å²) < 4.78 is 4.74. The zero-order valence-electron chi connectivity index (χ0n) is 11.6. The number of anilines is 2. The van der Waals surface area contributed by atoms with E-state index in [1.807, 2.05) is 30.3 Å². The number of hydrogen-bond acceptors (Lipinski definition) is 6. The van der Waals surface area contributed by atoms with Crippen molar-refractivity contribution >= 4 is 39.0 Å². The number of aromatic nitrogens is 2. The molecule has 1 aromatic carbocycles. The molecular formula is C15H13N3O2S. The van der Waals surface area contributed by atoms with Crippen molar-refractivity contribution in [2.75, 3.05) is 12.4 Å². The van der Waals surface area contributed by atoms with E-state index in [4.69, 9.17) is 4.74 Å². The zero-order chi connectivity index (χ0) is 14.8. The van der Waals surface area contributed by atoms with Crippen LogP contribution in [0.2, 0.25) is 0 Å². The average Bonchev–Trinajstić information content (AvgIpc) is 2.87. The minimum absolute atomic E-state index is 0.367. The van der Waals surface area contributed by atoms with Crippen LogP contribution < -0.4 is 5.32 Å². The van der Waals surface area contributed by atoms with Crippen LogP contribution >= 0.6 is 11.3 Å². The molecule has 1 N–H and O–H groups in total. The first-order valence-electron chi connectivity index (χ1n) is 6.35. The van der Waals surface area contributed by atoms with Gasteiger partial charge in [0.05, 0.1) is 24.0 Å². The van der Waals surface area contributed by atoms with Gasteiger partial charge >= 0.3 is 5.97 Å². The molecule has 0 aliphatic rings. The summed E-state index contributed by atoms with van der Waals surface area (Å²) >= 11 is 1.27. The van der Waals surface area contributed by atoms with Crippen molar-refractivity contribution < 1.29 is 9.53 Å². The number of esters is 1. The van der Waals surface area contributed by atoms with Crippen LogP contribution in [0.25, 0.3) is 10.9 Å². The highest BCUT2D eigenvalue weighted by Crippen LogP contribution is 2.29. The molecule has 3 aromatic rings. The van der Waals surface area contributed by atoms with Crippen molar-refractivity contribution in [1.82, 2.24) is 9.97 Å². The van der Waals surface area contributed by atoms with Gasteiger partial charge in [-0.15, -0.1) is 0 Å². The second-order valence-corrected chi connectivity index (χ2v) is 5.43. The SMILES string of the molecule is COC(=O)c1sc(Nc2cccc3cccnc23)nc1C. The summed E-state index contributed by atoms with van der Waals surface area (Å²) in [4.78, 5) is 20.9. The Kier molecular flexibility index (Phi) is 3.53. The molecule has 21 heavy (non-hydrogen) atoms. The van der Waals surface area contributed by atoms with Crippen molar-refractivity contribution in [1.29, 1.82) is 0 Å². The van der Waals surface area contributed by atoms with E-state index < -0.39 is 0 Å². The topological polar surface area (TPSA) is 64.1 Å². The number of carbonyl (C=O) groups is 1. The Morgan fingerprint density at radius 3 is 2.90 bits per heavy atom. The van der Waals surface area contributed by atoms with Crippen LogP contribution in [0.15, 0.2) is 36.5 Å². The number of thiazole rings is 1. The first kappa shape index (κ1) is 13.5. The highest BCUT2D eigenvalue weighted by atomic mass is 32.1. The Labute approximate surface area is 125 Å². The van der Waals surface area contributed by atoms with Gasteiger partial charge in [-0.3, -0.25) is 4.98 Å². The summed E-state index contributed by atoms with van der Waals surface area (Å²) in [5.41, 5.74) is 2.38. The smallest absolute Gasteiger partial charge is 0.350 e. The van der Waals surface area contributed by atoms with E-state index in [0.717, 1.165) is 16.6 Å². The third kappa shape index (κ3) is 2.57. The lowest BCUT2D eigenvalue weighted by molar-refractivity contribution is 0.0605. The summed E-state index contributed by atoms with van der Waals surface area (Å²) in [6.07, 6.45) is 1.75. The zero-order valence-corrected chi connectivity index (χ0v) is 12.4. The van der Waals surface area contributed by atoms with Crippen LogP contribution in [0.4, 0.5) is 10.8 Å². The molecule has 0 amide bonds. The molecule has 0 aliphatic carbocycles. The molecule has 106 valence electrons. The fourth-order valence-corrected chi connectivity index (χ4v) is 2.95. The maximum atomic E-state index is 11.6. The Morgan fingerprint density at radius 2 is 2.10 bits per heavy atom. The van der Waals surface area contributed by atoms with Crippen LogP contribution in [0, 0.1) is 6.92 Å². The van der Waals surface area contributed by atoms with Crippen molar-refractivity contribution in [3.8, 4) is 0 Å². The lowest BCUT2D eigenvalue weighted by Gasteiger charge is -2.05. The number of pyridine rings is 1. The fourth-order valence-electron chi connectivity index (χ4n) is 2.05. The monoisotopic (exact) mass is 299 g/mol. The molecule has 2 heterocycles. The molecule has 0 saturated carbocycles. The van der Waals surface area contributed by atoms with Crippen LogP contribution in [-0.2, 0) is 4.74 Å². The predicted molar refractivity (Wildman–Crippen MR) is 83.2 cm³/mol. The molecule has 6 heteroatoms. The number of nitrogens with zero attached hydrogens (tertiary/aromatic N) is 2. The third-order valence-corrected chi connectivity index (χ3v) is 4.09. The second-order valence-electron chi connectivity index (χ2n) is 4.43. The van der Waals surface area contributed by atoms with E-state index in [0.29, 0.717) is 15.7 Å². The van der Waals surface area contributed by atoms with Gasteiger partial charge in [-0.1, -0.05) is 29.5 Å². The van der Waals surface area contributed by atoms with Gasteiger partial charge in [0.25, 0.3) is 0 Å². The van der Waals surface area contributed by atoms with E-state index in [1.165, 1.54) is 18.4 Å². The van der Waals surface area contributed by atoms with Gasteiger partial charge in [0.1, 0.15) is 4.88 Å². The summed E-state index contributed by atoms with van der Waals surface area (Å²) in [7, 11) is 1.36. The van der Waals surface area contributed by atoms with Crippen LogP contribution in [0.1, 0.15) is 15.4 Å². The van der Waals surface area contributed by atoms with Gasteiger partial charge < -0.3 is 10.1 Å². The normalized spacial score (nSPS) is 10.6. The van der Waals surface area contributed by atoms with Gasteiger partial charge in [-0.05, 0) is 19.1 Å². The Bertz CT molecular complexity index is 808. The minimum atomic E-state index is -0.367. The third-order valence-electron chi connectivity index (χ3n) is 3.04. The second kappa shape index (κ2) is 5.49. The molecule has 0 aliphatic heterocycles. The molecule has 5 nitrogen and oxygen atoms in total. The van der Waals surface area contributed by atoms with Crippen molar-refractivity contribution in [3.63, 3.8) is 0 Å². The highest BCUT2D eigenvalue weighted by Gasteiger charge is 2.16. The summed E-state index contributed by atoms with van der Waals surface area (Å²) in [5.74, 6) is -0.367. The first-order chi connectivity index (χ1) is 10.2. The molecular weight excluding hydrogens is 286 g/mol. The number of nitrogens with one attached hydrogen (secondary N) is 1. The molecule has 0 bridgehead atoms. The minimum Gasteiger partial charge on any atom is -0.465 e. The number of para-hydroxylation sites is 1. The fraction of sp³-hybridized carbons (Fsp3) is 0.133. The average molecular weight is 299 g/mol. The highest BCUT2D eigenvalue weighted by molar-refractivity contribution is 7.17. The number of benzene rings is 1. The molecule has 0 radical (unpaired) electrons. The molecule has 0 unspecified atom stereocenters. The Balaban J connectivity index is 1.98. The molecule has 0 saturated heterocycles. The van der Waals surface area contributed by atoms with Gasteiger partial charge in [0.2, 0.25) is 0 Å². The molecule has 2 aromatic heterocycles. The summed E-state index contributed by atoms with van der Waals surface area (Å²) in [5, 5.41) is 4.91. The van der Waals surface area contributed by atoms with E-state index >= 15 is 0 Å². The van der Waals surface area contributed by atoms with Crippen molar-refractivity contribution in [2.24, 2.45) is 0 Å². The van der Waals surface area contributed by atoms with E-state index in [2.05, 4.69) is 15.3 Å².